The van der Waals surface area contributed by atoms with E-state index in [1.54, 1.807) is 23.5 Å². The highest BCUT2D eigenvalue weighted by Crippen LogP contribution is 2.24. The van der Waals surface area contributed by atoms with Crippen LogP contribution in [0, 0.1) is 5.92 Å². The van der Waals surface area contributed by atoms with E-state index in [1.165, 1.54) is 16.4 Å². The van der Waals surface area contributed by atoms with Crippen molar-refractivity contribution in [2.45, 2.75) is 31.2 Å². The van der Waals surface area contributed by atoms with Crippen molar-refractivity contribution in [2.24, 2.45) is 5.92 Å². The summed E-state index contributed by atoms with van der Waals surface area (Å²) in [6.45, 7) is 3.58. The van der Waals surface area contributed by atoms with Crippen LogP contribution >= 0.6 is 11.3 Å². The molecule has 0 radical (unpaired) electrons. The Morgan fingerprint density at radius 3 is 2.52 bits per heavy atom. The molecule has 0 unspecified atom stereocenters. The molecule has 0 aliphatic carbocycles. The summed E-state index contributed by atoms with van der Waals surface area (Å²) in [5.41, 5.74) is 1.35. The first-order chi connectivity index (χ1) is 13.9. The van der Waals surface area contributed by atoms with Gasteiger partial charge in [0.15, 0.2) is 0 Å². The number of para-hydroxylation sites is 1. The lowest BCUT2D eigenvalue weighted by atomic mass is 10.0. The van der Waals surface area contributed by atoms with Gasteiger partial charge in [-0.05, 0) is 55.2 Å². The second kappa shape index (κ2) is 8.22. The van der Waals surface area contributed by atoms with E-state index in [1.807, 2.05) is 24.3 Å². The number of rotatable bonds is 5. The Labute approximate surface area is 174 Å². The van der Waals surface area contributed by atoms with Gasteiger partial charge in [0.25, 0.3) is 5.91 Å². The SMILES string of the molecule is CC1CCN(S(=O)(=O)c2ccc(C(=O)NCc3nc4ccccc4s3)cc2)CC1. The topological polar surface area (TPSA) is 79.4 Å². The largest absolute Gasteiger partial charge is 0.346 e. The molecule has 0 bridgehead atoms. The quantitative estimate of drug-likeness (QED) is 0.671. The zero-order valence-electron chi connectivity index (χ0n) is 16.2. The molecular weight excluding hydrogens is 406 g/mol. The maximum Gasteiger partial charge on any atom is 0.251 e. The number of amides is 1. The Hall–Kier alpha value is -2.29. The van der Waals surface area contributed by atoms with Gasteiger partial charge in [0.05, 0.1) is 21.7 Å². The third-order valence-electron chi connectivity index (χ3n) is 5.24. The zero-order valence-corrected chi connectivity index (χ0v) is 17.8. The minimum Gasteiger partial charge on any atom is -0.346 e. The Balaban J connectivity index is 1.41. The summed E-state index contributed by atoms with van der Waals surface area (Å²) in [4.78, 5) is 17.2. The van der Waals surface area contributed by atoms with Crippen molar-refractivity contribution >= 4 is 37.5 Å². The van der Waals surface area contributed by atoms with E-state index in [0.29, 0.717) is 31.1 Å². The van der Waals surface area contributed by atoms with Gasteiger partial charge in [-0.15, -0.1) is 11.3 Å². The molecule has 1 N–H and O–H groups in total. The third kappa shape index (κ3) is 4.34. The number of carbonyl (C=O) groups excluding carboxylic acids is 1. The Morgan fingerprint density at radius 2 is 1.83 bits per heavy atom. The smallest absolute Gasteiger partial charge is 0.251 e. The van der Waals surface area contributed by atoms with E-state index in [-0.39, 0.29) is 10.8 Å². The van der Waals surface area contributed by atoms with Crippen LogP contribution in [0.5, 0.6) is 0 Å². The molecule has 1 aliphatic heterocycles. The Kier molecular flexibility index (Phi) is 5.67. The average Bonchev–Trinajstić information content (AvgIpc) is 3.15. The number of hydrogen-bond acceptors (Lipinski definition) is 5. The lowest BCUT2D eigenvalue weighted by Gasteiger charge is -2.29. The van der Waals surface area contributed by atoms with E-state index >= 15 is 0 Å². The van der Waals surface area contributed by atoms with Gasteiger partial charge in [0.1, 0.15) is 5.01 Å². The molecule has 1 amide bonds. The van der Waals surface area contributed by atoms with Gasteiger partial charge in [-0.25, -0.2) is 13.4 Å². The number of nitrogens with zero attached hydrogens (tertiary/aromatic N) is 2. The van der Waals surface area contributed by atoms with Crippen LogP contribution in [-0.4, -0.2) is 36.7 Å². The molecule has 1 aliphatic rings. The van der Waals surface area contributed by atoms with Crippen LogP contribution in [0.15, 0.2) is 53.4 Å². The molecule has 8 heteroatoms. The lowest BCUT2D eigenvalue weighted by Crippen LogP contribution is -2.37. The normalized spacial score (nSPS) is 16.2. The first kappa shape index (κ1) is 20.0. The number of nitrogens with one attached hydrogen (secondary N) is 1. The van der Waals surface area contributed by atoms with Crippen LogP contribution in [0.25, 0.3) is 10.2 Å². The molecule has 4 rings (SSSR count). The van der Waals surface area contributed by atoms with E-state index in [0.717, 1.165) is 28.1 Å². The van der Waals surface area contributed by atoms with Crippen molar-refractivity contribution < 1.29 is 13.2 Å². The molecule has 29 heavy (non-hydrogen) atoms. The molecule has 2 heterocycles. The number of piperidine rings is 1. The fourth-order valence-corrected chi connectivity index (χ4v) is 5.78. The molecule has 0 atom stereocenters. The van der Waals surface area contributed by atoms with E-state index in [2.05, 4.69) is 17.2 Å². The van der Waals surface area contributed by atoms with Gasteiger partial charge in [-0.1, -0.05) is 19.1 Å². The number of hydrogen-bond donors (Lipinski definition) is 1. The maximum absolute atomic E-state index is 12.8. The van der Waals surface area contributed by atoms with Gasteiger partial charge in [0.2, 0.25) is 10.0 Å². The molecular formula is C21H23N3O3S2. The lowest BCUT2D eigenvalue weighted by molar-refractivity contribution is 0.0950. The number of benzene rings is 2. The standard InChI is InChI=1S/C21H23N3O3S2/c1-15-10-12-24(13-11-15)29(26,27)17-8-6-16(7-9-17)21(25)22-14-20-23-18-4-2-3-5-19(18)28-20/h2-9,15H,10-14H2,1H3,(H,22,25). The number of fused-ring (bicyclic) bond motifs is 1. The van der Waals surface area contributed by atoms with Crippen LogP contribution in [0.2, 0.25) is 0 Å². The third-order valence-corrected chi connectivity index (χ3v) is 8.18. The second-order valence-corrected chi connectivity index (χ2v) is 10.4. The van der Waals surface area contributed by atoms with E-state index in [4.69, 9.17) is 0 Å². The first-order valence-electron chi connectivity index (χ1n) is 9.66. The van der Waals surface area contributed by atoms with Crippen molar-refractivity contribution in [1.82, 2.24) is 14.6 Å². The summed E-state index contributed by atoms with van der Waals surface area (Å²) < 4.78 is 28.2. The van der Waals surface area contributed by atoms with Gasteiger partial charge >= 0.3 is 0 Å². The molecule has 0 spiro atoms. The summed E-state index contributed by atoms with van der Waals surface area (Å²) in [6.07, 6.45) is 1.76. The zero-order chi connectivity index (χ0) is 20.4. The molecule has 1 aromatic heterocycles. The van der Waals surface area contributed by atoms with Crippen LogP contribution in [0.4, 0.5) is 0 Å². The first-order valence-corrected chi connectivity index (χ1v) is 11.9. The number of carbonyl (C=O) groups is 1. The predicted octanol–water partition coefficient (Wildman–Crippen LogP) is 3.65. The molecule has 0 saturated carbocycles. The highest BCUT2D eigenvalue weighted by Gasteiger charge is 2.28. The van der Waals surface area contributed by atoms with Crippen molar-refractivity contribution in [1.29, 1.82) is 0 Å². The molecule has 1 saturated heterocycles. The molecule has 1 fully saturated rings. The Bertz CT molecular complexity index is 1080. The van der Waals surface area contributed by atoms with Gasteiger partial charge in [0, 0.05) is 18.7 Å². The summed E-state index contributed by atoms with van der Waals surface area (Å²) in [6, 6.07) is 14.0. The second-order valence-electron chi connectivity index (χ2n) is 7.37. The van der Waals surface area contributed by atoms with Crippen molar-refractivity contribution in [2.75, 3.05) is 13.1 Å². The summed E-state index contributed by atoms with van der Waals surface area (Å²) in [5, 5.41) is 3.68. The van der Waals surface area contributed by atoms with Crippen LogP contribution in [0.3, 0.4) is 0 Å². The van der Waals surface area contributed by atoms with Gasteiger partial charge < -0.3 is 5.32 Å². The highest BCUT2D eigenvalue weighted by molar-refractivity contribution is 7.89. The number of aromatic nitrogens is 1. The molecule has 152 valence electrons. The monoisotopic (exact) mass is 429 g/mol. The van der Waals surface area contributed by atoms with Crippen molar-refractivity contribution in [3.8, 4) is 0 Å². The summed E-state index contributed by atoms with van der Waals surface area (Å²) in [7, 11) is -3.50. The minimum absolute atomic E-state index is 0.231. The maximum atomic E-state index is 12.8. The average molecular weight is 430 g/mol. The fraction of sp³-hybridized carbons (Fsp3) is 0.333. The van der Waals surface area contributed by atoms with Gasteiger partial charge in [-0.2, -0.15) is 4.31 Å². The summed E-state index contributed by atoms with van der Waals surface area (Å²) >= 11 is 1.55. The number of thiazole rings is 1. The fourth-order valence-electron chi connectivity index (χ4n) is 3.41. The molecule has 3 aromatic rings. The predicted molar refractivity (Wildman–Crippen MR) is 114 cm³/mol. The minimum atomic E-state index is -3.50. The highest BCUT2D eigenvalue weighted by atomic mass is 32.2. The van der Waals surface area contributed by atoms with E-state index < -0.39 is 10.0 Å². The van der Waals surface area contributed by atoms with E-state index in [9.17, 15) is 13.2 Å². The number of sulfonamides is 1. The van der Waals surface area contributed by atoms with Crippen molar-refractivity contribution in [3.63, 3.8) is 0 Å². The Morgan fingerprint density at radius 1 is 1.14 bits per heavy atom. The van der Waals surface area contributed by atoms with Crippen molar-refractivity contribution in [3.05, 3.63) is 59.1 Å². The van der Waals surface area contributed by atoms with Crippen LogP contribution in [0.1, 0.15) is 35.1 Å². The summed E-state index contributed by atoms with van der Waals surface area (Å²) in [5.74, 6) is 0.308. The van der Waals surface area contributed by atoms with Crippen LogP contribution in [-0.2, 0) is 16.6 Å². The van der Waals surface area contributed by atoms with Crippen LogP contribution < -0.4 is 5.32 Å². The van der Waals surface area contributed by atoms with Gasteiger partial charge in [-0.3, -0.25) is 4.79 Å². The molecule has 2 aromatic carbocycles. The molecule has 6 nitrogen and oxygen atoms in total.